The minimum absolute atomic E-state index is 0.236. The summed E-state index contributed by atoms with van der Waals surface area (Å²) in [5.41, 5.74) is 0.930. The van der Waals surface area contributed by atoms with Gasteiger partial charge in [0.25, 0.3) is 0 Å². The highest BCUT2D eigenvalue weighted by atomic mass is 32.2. The fourth-order valence-corrected chi connectivity index (χ4v) is 2.73. The van der Waals surface area contributed by atoms with Crippen LogP contribution in [0, 0.1) is 6.92 Å². The quantitative estimate of drug-likeness (QED) is 0.578. The molecule has 2 aromatic heterocycles. The Bertz CT molecular complexity index is 606. The first-order chi connectivity index (χ1) is 10.2. The number of aryl methyl sites for hydroxylation is 1. The second kappa shape index (κ2) is 7.31. The second-order valence-electron chi connectivity index (χ2n) is 4.44. The maximum atomic E-state index is 11.5. The van der Waals surface area contributed by atoms with Gasteiger partial charge in [0.2, 0.25) is 0 Å². The lowest BCUT2D eigenvalue weighted by Crippen LogP contribution is -2.08. The zero-order valence-electron chi connectivity index (χ0n) is 12.5. The third-order valence-electron chi connectivity index (χ3n) is 2.89. The third-order valence-corrected chi connectivity index (χ3v) is 3.83. The average Bonchev–Trinajstić information content (AvgIpc) is 3.04. The number of esters is 1. The van der Waals surface area contributed by atoms with Gasteiger partial charge in [-0.1, -0.05) is 18.7 Å². The van der Waals surface area contributed by atoms with Crippen molar-refractivity contribution in [1.29, 1.82) is 0 Å². The summed E-state index contributed by atoms with van der Waals surface area (Å²) in [6.07, 6.45) is 2.59. The molecule has 2 aromatic rings. The highest BCUT2D eigenvalue weighted by molar-refractivity contribution is 7.99. The molecule has 0 spiro atoms. The number of hydrogen-bond acceptors (Lipinski definition) is 6. The van der Waals surface area contributed by atoms with E-state index in [0.717, 1.165) is 35.3 Å². The Morgan fingerprint density at radius 1 is 1.43 bits per heavy atom. The number of thioether (sulfide) groups is 1. The standard InChI is InChI=1S/C14H19N3O3S/c1-4-7-17-13(11-6-8-20-10(11)3)15-16-14(17)21-9-12(18)19-5-2/h6,8H,4-5,7,9H2,1-3H3. The number of hydrogen-bond donors (Lipinski definition) is 0. The molecule has 0 fully saturated rings. The van der Waals surface area contributed by atoms with Crippen molar-refractivity contribution >= 4 is 17.7 Å². The van der Waals surface area contributed by atoms with Gasteiger partial charge in [-0.15, -0.1) is 10.2 Å². The van der Waals surface area contributed by atoms with Crippen LogP contribution in [0.1, 0.15) is 26.0 Å². The molecule has 114 valence electrons. The van der Waals surface area contributed by atoms with Crippen molar-refractivity contribution in [2.75, 3.05) is 12.4 Å². The summed E-state index contributed by atoms with van der Waals surface area (Å²) in [4.78, 5) is 11.5. The lowest BCUT2D eigenvalue weighted by atomic mass is 10.2. The Balaban J connectivity index is 2.21. The van der Waals surface area contributed by atoms with E-state index in [0.29, 0.717) is 6.61 Å². The molecule has 0 aliphatic rings. The first-order valence-electron chi connectivity index (χ1n) is 6.93. The van der Waals surface area contributed by atoms with Gasteiger partial charge in [0, 0.05) is 6.54 Å². The summed E-state index contributed by atoms with van der Waals surface area (Å²) in [5, 5.41) is 9.16. The minimum atomic E-state index is -0.241. The van der Waals surface area contributed by atoms with Crippen molar-refractivity contribution in [3.63, 3.8) is 0 Å². The molecule has 0 saturated carbocycles. The number of nitrogens with zero attached hydrogens (tertiary/aromatic N) is 3. The van der Waals surface area contributed by atoms with Crippen LogP contribution in [-0.2, 0) is 16.1 Å². The van der Waals surface area contributed by atoms with Gasteiger partial charge in [-0.25, -0.2) is 0 Å². The van der Waals surface area contributed by atoms with E-state index in [-0.39, 0.29) is 11.7 Å². The zero-order chi connectivity index (χ0) is 15.2. The summed E-state index contributed by atoms with van der Waals surface area (Å²) in [6, 6.07) is 1.88. The van der Waals surface area contributed by atoms with E-state index in [2.05, 4.69) is 17.1 Å². The van der Waals surface area contributed by atoms with E-state index in [1.54, 1.807) is 13.2 Å². The summed E-state index contributed by atoms with van der Waals surface area (Å²) in [6.45, 7) is 6.96. The van der Waals surface area contributed by atoms with E-state index in [1.807, 2.05) is 17.6 Å². The number of aromatic nitrogens is 3. The maximum absolute atomic E-state index is 11.5. The molecule has 0 N–H and O–H groups in total. The Morgan fingerprint density at radius 2 is 2.24 bits per heavy atom. The molecule has 0 amide bonds. The second-order valence-corrected chi connectivity index (χ2v) is 5.38. The molecule has 6 nitrogen and oxygen atoms in total. The van der Waals surface area contributed by atoms with E-state index in [1.165, 1.54) is 11.8 Å². The van der Waals surface area contributed by atoms with Crippen molar-refractivity contribution in [2.45, 2.75) is 38.9 Å². The molecule has 2 rings (SSSR count). The van der Waals surface area contributed by atoms with Crippen molar-refractivity contribution < 1.29 is 13.9 Å². The van der Waals surface area contributed by atoms with E-state index < -0.39 is 0 Å². The van der Waals surface area contributed by atoms with Crippen LogP contribution in [0.4, 0.5) is 0 Å². The van der Waals surface area contributed by atoms with Gasteiger partial charge in [-0.3, -0.25) is 4.79 Å². The number of carbonyl (C=O) groups excluding carboxylic acids is 1. The number of rotatable bonds is 7. The number of ether oxygens (including phenoxy) is 1. The molecular formula is C14H19N3O3S. The Labute approximate surface area is 127 Å². The van der Waals surface area contributed by atoms with Crippen LogP contribution in [0.5, 0.6) is 0 Å². The number of carbonyl (C=O) groups is 1. The molecule has 0 atom stereocenters. The van der Waals surface area contributed by atoms with Crippen molar-refractivity contribution in [3.8, 4) is 11.4 Å². The average molecular weight is 309 g/mol. The van der Waals surface area contributed by atoms with Crippen LogP contribution in [0.2, 0.25) is 0 Å². The van der Waals surface area contributed by atoms with Crippen LogP contribution < -0.4 is 0 Å². The Morgan fingerprint density at radius 3 is 2.86 bits per heavy atom. The van der Waals surface area contributed by atoms with Crippen LogP contribution in [0.25, 0.3) is 11.4 Å². The van der Waals surface area contributed by atoms with Crippen LogP contribution in [0.15, 0.2) is 21.9 Å². The van der Waals surface area contributed by atoms with Gasteiger partial charge in [0.15, 0.2) is 11.0 Å². The molecule has 0 bridgehead atoms. The largest absolute Gasteiger partial charge is 0.469 e. The van der Waals surface area contributed by atoms with Gasteiger partial charge in [0.1, 0.15) is 5.76 Å². The van der Waals surface area contributed by atoms with Crippen LogP contribution in [-0.4, -0.2) is 33.1 Å². The number of furan rings is 1. The normalized spacial score (nSPS) is 10.8. The monoisotopic (exact) mass is 309 g/mol. The minimum Gasteiger partial charge on any atom is -0.469 e. The molecule has 0 aliphatic heterocycles. The van der Waals surface area contributed by atoms with Crippen molar-refractivity contribution in [3.05, 3.63) is 18.1 Å². The SMILES string of the molecule is CCCn1c(SCC(=O)OCC)nnc1-c1ccoc1C. The van der Waals surface area contributed by atoms with Crippen LogP contribution in [0.3, 0.4) is 0 Å². The van der Waals surface area contributed by atoms with Gasteiger partial charge in [-0.2, -0.15) is 0 Å². The zero-order valence-corrected chi connectivity index (χ0v) is 13.3. The molecular weight excluding hydrogens is 290 g/mol. The predicted octanol–water partition coefficient (Wildman–Crippen LogP) is 2.91. The molecule has 21 heavy (non-hydrogen) atoms. The molecule has 0 aliphatic carbocycles. The first-order valence-corrected chi connectivity index (χ1v) is 7.92. The van der Waals surface area contributed by atoms with Crippen LogP contribution >= 0.6 is 11.8 Å². The van der Waals surface area contributed by atoms with Gasteiger partial charge >= 0.3 is 5.97 Å². The fraction of sp³-hybridized carbons (Fsp3) is 0.500. The van der Waals surface area contributed by atoms with Crippen molar-refractivity contribution in [2.24, 2.45) is 0 Å². The predicted molar refractivity (Wildman–Crippen MR) is 80.1 cm³/mol. The lowest BCUT2D eigenvalue weighted by Gasteiger charge is -2.08. The van der Waals surface area contributed by atoms with E-state index >= 15 is 0 Å². The summed E-state index contributed by atoms with van der Waals surface area (Å²) >= 11 is 1.34. The highest BCUT2D eigenvalue weighted by Gasteiger charge is 2.17. The molecule has 0 unspecified atom stereocenters. The smallest absolute Gasteiger partial charge is 0.316 e. The topological polar surface area (TPSA) is 70.2 Å². The molecule has 0 saturated heterocycles. The van der Waals surface area contributed by atoms with Gasteiger partial charge in [-0.05, 0) is 26.3 Å². The summed E-state index contributed by atoms with van der Waals surface area (Å²) in [7, 11) is 0. The maximum Gasteiger partial charge on any atom is 0.316 e. The molecule has 7 heteroatoms. The molecule has 2 heterocycles. The third kappa shape index (κ3) is 3.66. The first kappa shape index (κ1) is 15.6. The van der Waals surface area contributed by atoms with E-state index in [4.69, 9.17) is 9.15 Å². The van der Waals surface area contributed by atoms with E-state index in [9.17, 15) is 4.79 Å². The Kier molecular flexibility index (Phi) is 5.44. The summed E-state index contributed by atoms with van der Waals surface area (Å²) < 4.78 is 12.3. The van der Waals surface area contributed by atoms with Gasteiger partial charge in [0.05, 0.1) is 24.2 Å². The van der Waals surface area contributed by atoms with Crippen molar-refractivity contribution in [1.82, 2.24) is 14.8 Å². The lowest BCUT2D eigenvalue weighted by molar-refractivity contribution is -0.139. The summed E-state index contributed by atoms with van der Waals surface area (Å²) in [5.74, 6) is 1.57. The Hall–Kier alpha value is -1.76. The highest BCUT2D eigenvalue weighted by Crippen LogP contribution is 2.27. The van der Waals surface area contributed by atoms with Gasteiger partial charge < -0.3 is 13.7 Å². The molecule has 0 radical (unpaired) electrons. The fourth-order valence-electron chi connectivity index (χ4n) is 1.96. The molecule has 0 aromatic carbocycles.